The van der Waals surface area contributed by atoms with Gasteiger partial charge in [0, 0.05) is 6.54 Å². The molecule has 0 spiro atoms. The van der Waals surface area contributed by atoms with E-state index in [0.29, 0.717) is 18.0 Å². The topological polar surface area (TPSA) is 67.4 Å². The summed E-state index contributed by atoms with van der Waals surface area (Å²) in [7, 11) is 0. The minimum atomic E-state index is -0.158. The lowest BCUT2D eigenvalue weighted by atomic mass is 10.1. The van der Waals surface area contributed by atoms with Crippen molar-refractivity contribution in [3.05, 3.63) is 23.8 Å². The highest BCUT2D eigenvalue weighted by molar-refractivity contribution is 5.95. The van der Waals surface area contributed by atoms with Crippen molar-refractivity contribution >= 4 is 18.0 Å². The Morgan fingerprint density at radius 1 is 1.53 bits per heavy atom. The molecule has 2 rings (SSSR count). The summed E-state index contributed by atoms with van der Waals surface area (Å²) in [6, 6.07) is 5.32. The van der Waals surface area contributed by atoms with Gasteiger partial charge in [0.25, 0.3) is 5.91 Å². The Bertz CT molecular complexity index is 404. The minimum absolute atomic E-state index is 0.0314. The van der Waals surface area contributed by atoms with E-state index in [1.807, 2.05) is 0 Å². The van der Waals surface area contributed by atoms with E-state index in [0.717, 1.165) is 5.56 Å². The molecule has 1 heterocycles. The molecule has 1 radical (unpaired) electrons. The van der Waals surface area contributed by atoms with Crippen LogP contribution in [0, 0.1) is 0 Å². The maximum absolute atomic E-state index is 11.0. The molecule has 1 aliphatic rings. The fraction of sp³-hybridized carbons (Fsp3) is 0.200. The molecule has 0 unspecified atom stereocenters. The lowest BCUT2D eigenvalue weighted by molar-refractivity contribution is -0.118. The molecule has 0 saturated heterocycles. The van der Waals surface area contributed by atoms with Gasteiger partial charge in [-0.05, 0) is 17.7 Å². The first-order chi connectivity index (χ1) is 7.29. The molecule has 0 saturated carbocycles. The van der Waals surface area contributed by atoms with Gasteiger partial charge in [0.1, 0.15) is 5.75 Å². The molecule has 77 valence electrons. The highest BCUT2D eigenvalue weighted by Crippen LogP contribution is 2.28. The zero-order chi connectivity index (χ0) is 10.7. The third-order valence-electron chi connectivity index (χ3n) is 2.04. The molecule has 2 N–H and O–H groups in total. The van der Waals surface area contributed by atoms with Gasteiger partial charge >= 0.3 is 6.41 Å². The molecule has 0 fully saturated rings. The second kappa shape index (κ2) is 4.00. The number of hydrogen-bond donors (Lipinski definition) is 2. The standard InChI is InChI=1S/C10H9N2O3/c13-6-11-4-7-1-2-8-9(3-7)15-5-10(14)12-8/h1-3H,4-5H2,(H,11,13)(H,12,14). The molecule has 2 amide bonds. The first kappa shape index (κ1) is 9.51. The van der Waals surface area contributed by atoms with Crippen molar-refractivity contribution in [3.8, 4) is 5.75 Å². The van der Waals surface area contributed by atoms with E-state index in [9.17, 15) is 9.59 Å². The van der Waals surface area contributed by atoms with E-state index < -0.39 is 0 Å². The lowest BCUT2D eigenvalue weighted by Gasteiger charge is -2.18. The van der Waals surface area contributed by atoms with Crippen LogP contribution in [0.4, 0.5) is 5.69 Å². The molecule has 5 nitrogen and oxygen atoms in total. The molecule has 1 aliphatic heterocycles. The summed E-state index contributed by atoms with van der Waals surface area (Å²) in [6.45, 7) is 0.428. The molecule has 15 heavy (non-hydrogen) atoms. The maximum Gasteiger partial charge on any atom is 0.309 e. The minimum Gasteiger partial charge on any atom is -0.482 e. The van der Waals surface area contributed by atoms with Crippen molar-refractivity contribution < 1.29 is 14.3 Å². The van der Waals surface area contributed by atoms with Gasteiger partial charge in [-0.15, -0.1) is 0 Å². The molecular weight excluding hydrogens is 196 g/mol. The molecule has 0 bridgehead atoms. The van der Waals surface area contributed by atoms with Crippen LogP contribution in [0.3, 0.4) is 0 Å². The number of rotatable bonds is 3. The normalized spacial score (nSPS) is 13.5. The van der Waals surface area contributed by atoms with E-state index in [4.69, 9.17) is 4.74 Å². The smallest absolute Gasteiger partial charge is 0.309 e. The molecule has 0 aliphatic carbocycles. The number of nitrogens with one attached hydrogen (secondary N) is 2. The summed E-state index contributed by atoms with van der Waals surface area (Å²) < 4.78 is 5.22. The fourth-order valence-corrected chi connectivity index (χ4v) is 1.37. The number of benzene rings is 1. The second-order valence-electron chi connectivity index (χ2n) is 3.12. The zero-order valence-electron chi connectivity index (χ0n) is 7.87. The Labute approximate surface area is 86.4 Å². The second-order valence-corrected chi connectivity index (χ2v) is 3.12. The number of fused-ring (bicyclic) bond motifs is 1. The van der Waals surface area contributed by atoms with Crippen LogP contribution in [0.2, 0.25) is 0 Å². The SMILES string of the molecule is O=[C]NCc1ccc2c(c1)OCC(=O)N2. The van der Waals surface area contributed by atoms with Gasteiger partial charge in [-0.3, -0.25) is 9.59 Å². The van der Waals surface area contributed by atoms with Crippen LogP contribution >= 0.6 is 0 Å². The zero-order valence-corrected chi connectivity index (χ0v) is 7.87. The average molecular weight is 205 g/mol. The fourth-order valence-electron chi connectivity index (χ4n) is 1.37. The van der Waals surface area contributed by atoms with Gasteiger partial charge in [0.05, 0.1) is 5.69 Å². The van der Waals surface area contributed by atoms with Gasteiger partial charge in [0.2, 0.25) is 0 Å². The third-order valence-corrected chi connectivity index (χ3v) is 2.04. The summed E-state index contributed by atoms with van der Waals surface area (Å²) in [6.07, 6.45) is 1.59. The van der Waals surface area contributed by atoms with Crippen LogP contribution in [0.1, 0.15) is 5.56 Å². The van der Waals surface area contributed by atoms with E-state index in [1.165, 1.54) is 0 Å². The van der Waals surface area contributed by atoms with Gasteiger partial charge < -0.3 is 15.4 Å². The van der Waals surface area contributed by atoms with Crippen LogP contribution < -0.4 is 15.4 Å². The van der Waals surface area contributed by atoms with Crippen molar-refractivity contribution in [3.63, 3.8) is 0 Å². The summed E-state index contributed by atoms with van der Waals surface area (Å²) in [5.41, 5.74) is 1.55. The van der Waals surface area contributed by atoms with Crippen molar-refractivity contribution in [2.24, 2.45) is 0 Å². The van der Waals surface area contributed by atoms with Crippen LogP contribution in [0.5, 0.6) is 5.75 Å². The van der Waals surface area contributed by atoms with E-state index in [-0.39, 0.29) is 12.5 Å². The first-order valence-corrected chi connectivity index (χ1v) is 4.45. The molecule has 1 aromatic carbocycles. The van der Waals surface area contributed by atoms with E-state index >= 15 is 0 Å². The quantitative estimate of drug-likeness (QED) is 0.691. The Kier molecular flexibility index (Phi) is 2.53. The molecule has 0 aromatic heterocycles. The number of hydrogen-bond acceptors (Lipinski definition) is 3. The maximum atomic E-state index is 11.0. The van der Waals surface area contributed by atoms with Gasteiger partial charge in [-0.2, -0.15) is 0 Å². The van der Waals surface area contributed by atoms with Crippen LogP contribution in [0.15, 0.2) is 18.2 Å². The van der Waals surface area contributed by atoms with Crippen molar-refractivity contribution in [2.75, 3.05) is 11.9 Å². The number of carbonyl (C=O) groups is 1. The Morgan fingerprint density at radius 2 is 2.40 bits per heavy atom. The Hall–Kier alpha value is -2.04. The van der Waals surface area contributed by atoms with Crippen molar-refractivity contribution in [1.82, 2.24) is 5.32 Å². The molecule has 5 heteroatoms. The van der Waals surface area contributed by atoms with Crippen molar-refractivity contribution in [2.45, 2.75) is 6.54 Å². The summed E-state index contributed by atoms with van der Waals surface area (Å²) in [5.74, 6) is 0.467. The summed E-state index contributed by atoms with van der Waals surface area (Å²) in [4.78, 5) is 21.0. The van der Waals surface area contributed by atoms with Crippen molar-refractivity contribution in [1.29, 1.82) is 0 Å². The van der Waals surface area contributed by atoms with E-state index in [2.05, 4.69) is 10.6 Å². The highest BCUT2D eigenvalue weighted by atomic mass is 16.5. The monoisotopic (exact) mass is 205 g/mol. The van der Waals surface area contributed by atoms with Gasteiger partial charge in [-0.1, -0.05) is 6.07 Å². The predicted molar refractivity (Wildman–Crippen MR) is 53.1 cm³/mol. The number of ether oxygens (including phenoxy) is 1. The highest BCUT2D eigenvalue weighted by Gasteiger charge is 2.15. The molecular formula is C10H9N2O3. The van der Waals surface area contributed by atoms with Crippen LogP contribution in [0.25, 0.3) is 0 Å². The number of anilines is 1. The number of amides is 2. The largest absolute Gasteiger partial charge is 0.482 e. The molecule has 1 aromatic rings. The van der Waals surface area contributed by atoms with Gasteiger partial charge in [0.15, 0.2) is 6.61 Å². The summed E-state index contributed by atoms with van der Waals surface area (Å²) >= 11 is 0. The average Bonchev–Trinajstić information content (AvgIpc) is 2.26. The lowest BCUT2D eigenvalue weighted by Crippen LogP contribution is -2.25. The first-order valence-electron chi connectivity index (χ1n) is 4.45. The van der Waals surface area contributed by atoms with E-state index in [1.54, 1.807) is 24.6 Å². The summed E-state index contributed by atoms with van der Waals surface area (Å²) in [5, 5.41) is 5.11. The van der Waals surface area contributed by atoms with Gasteiger partial charge in [-0.25, -0.2) is 0 Å². The molecule has 0 atom stereocenters. The number of carbonyl (C=O) groups excluding carboxylic acids is 2. The predicted octanol–water partition coefficient (Wildman–Crippen LogP) is 0.174. The third kappa shape index (κ3) is 2.07. The Balaban J connectivity index is 2.19. The van der Waals surface area contributed by atoms with Crippen LogP contribution in [-0.4, -0.2) is 18.9 Å². The Morgan fingerprint density at radius 3 is 3.20 bits per heavy atom. The van der Waals surface area contributed by atoms with Crippen LogP contribution in [-0.2, 0) is 16.1 Å².